The largest absolute Gasteiger partial charge is 0.469 e. The van der Waals surface area contributed by atoms with Crippen molar-refractivity contribution in [1.82, 2.24) is 9.62 Å². The predicted molar refractivity (Wildman–Crippen MR) is 84.1 cm³/mol. The van der Waals surface area contributed by atoms with Gasteiger partial charge >= 0.3 is 0 Å². The van der Waals surface area contributed by atoms with Crippen molar-refractivity contribution < 1.29 is 17.6 Å². The molecule has 2 rings (SSSR count). The molecule has 0 unspecified atom stereocenters. The van der Waals surface area contributed by atoms with E-state index in [1.54, 1.807) is 31.7 Å². The molecule has 1 aromatic heterocycles. The normalized spacial score (nSPS) is 19.6. The van der Waals surface area contributed by atoms with E-state index >= 15 is 0 Å². The Labute approximate surface area is 131 Å². The van der Waals surface area contributed by atoms with Crippen LogP contribution >= 0.6 is 0 Å². The van der Waals surface area contributed by atoms with E-state index in [-0.39, 0.29) is 11.8 Å². The number of rotatable bonds is 5. The lowest BCUT2D eigenvalue weighted by Gasteiger charge is -2.33. The smallest absolute Gasteiger partial charge is 0.257 e. The lowest BCUT2D eigenvalue weighted by atomic mass is 9.97. The number of sulfonamides is 1. The predicted octanol–water partition coefficient (Wildman–Crippen LogP) is 1.77. The summed E-state index contributed by atoms with van der Waals surface area (Å²) >= 11 is 0. The van der Waals surface area contributed by atoms with Crippen LogP contribution < -0.4 is 4.72 Å². The number of likely N-dealkylation sites (tertiary alicyclic amines) is 1. The van der Waals surface area contributed by atoms with Gasteiger partial charge in [-0.1, -0.05) is 0 Å². The zero-order valence-corrected chi connectivity index (χ0v) is 14.1. The Kier molecular flexibility index (Phi) is 5.28. The minimum absolute atomic E-state index is 0.0392. The first-order chi connectivity index (χ1) is 10.3. The summed E-state index contributed by atoms with van der Waals surface area (Å²) in [6, 6.07) is 1.68. The van der Waals surface area contributed by atoms with Gasteiger partial charge in [0.2, 0.25) is 10.0 Å². The maximum atomic E-state index is 12.5. The van der Waals surface area contributed by atoms with Crippen LogP contribution in [-0.4, -0.2) is 44.1 Å². The van der Waals surface area contributed by atoms with Crippen LogP contribution in [-0.2, 0) is 10.0 Å². The Morgan fingerprint density at radius 2 is 2.23 bits per heavy atom. The molecule has 0 aromatic carbocycles. The van der Waals surface area contributed by atoms with Gasteiger partial charge in [0.15, 0.2) is 0 Å². The molecule has 0 aliphatic carbocycles. The van der Waals surface area contributed by atoms with Gasteiger partial charge in [0.05, 0.1) is 17.1 Å². The van der Waals surface area contributed by atoms with Crippen LogP contribution in [0.25, 0.3) is 0 Å². The number of piperidine rings is 1. The van der Waals surface area contributed by atoms with E-state index in [0.29, 0.717) is 31.0 Å². The summed E-state index contributed by atoms with van der Waals surface area (Å²) < 4.78 is 31.5. The third-order valence-electron chi connectivity index (χ3n) is 4.09. The molecule has 0 bridgehead atoms. The Hall–Kier alpha value is -1.34. The van der Waals surface area contributed by atoms with Crippen molar-refractivity contribution in [1.29, 1.82) is 0 Å². The average Bonchev–Trinajstić information content (AvgIpc) is 2.91. The number of hydrogen-bond acceptors (Lipinski definition) is 4. The molecule has 22 heavy (non-hydrogen) atoms. The van der Waals surface area contributed by atoms with Crippen molar-refractivity contribution in [3.8, 4) is 0 Å². The molecule has 124 valence electrons. The molecule has 1 amide bonds. The first kappa shape index (κ1) is 17.0. The highest BCUT2D eigenvalue weighted by Gasteiger charge is 2.27. The van der Waals surface area contributed by atoms with Crippen LogP contribution in [0.5, 0.6) is 0 Å². The number of nitrogens with zero attached hydrogens (tertiary/aromatic N) is 1. The van der Waals surface area contributed by atoms with Gasteiger partial charge in [-0.25, -0.2) is 13.1 Å². The standard InChI is InChI=1S/C15H24N2O4S/c1-11(2)22(19,20)16-9-13-5-4-7-17(10-13)15(18)14-6-8-21-12(14)3/h6,8,11,13,16H,4-5,7,9-10H2,1-3H3/t13-/m1/s1. The topological polar surface area (TPSA) is 79.6 Å². The number of carbonyl (C=O) groups is 1. The summed E-state index contributed by atoms with van der Waals surface area (Å²) in [4.78, 5) is 14.3. The van der Waals surface area contributed by atoms with E-state index < -0.39 is 15.3 Å². The van der Waals surface area contributed by atoms with Crippen LogP contribution in [0.4, 0.5) is 0 Å². The molecular formula is C15H24N2O4S. The van der Waals surface area contributed by atoms with Crippen molar-refractivity contribution in [2.75, 3.05) is 19.6 Å². The van der Waals surface area contributed by atoms with E-state index in [1.807, 2.05) is 0 Å². The maximum absolute atomic E-state index is 12.5. The van der Waals surface area contributed by atoms with Gasteiger partial charge in [0.1, 0.15) is 5.76 Å². The van der Waals surface area contributed by atoms with Gasteiger partial charge in [0, 0.05) is 19.6 Å². The van der Waals surface area contributed by atoms with Crippen molar-refractivity contribution in [2.45, 2.75) is 38.9 Å². The van der Waals surface area contributed by atoms with E-state index in [9.17, 15) is 13.2 Å². The first-order valence-electron chi connectivity index (χ1n) is 7.63. The van der Waals surface area contributed by atoms with Gasteiger partial charge in [0.25, 0.3) is 5.91 Å². The highest BCUT2D eigenvalue weighted by molar-refractivity contribution is 7.90. The summed E-state index contributed by atoms with van der Waals surface area (Å²) in [5, 5.41) is -0.442. The third-order valence-corrected chi connectivity index (χ3v) is 5.90. The van der Waals surface area contributed by atoms with Crippen LogP contribution in [0.3, 0.4) is 0 Å². The van der Waals surface area contributed by atoms with Gasteiger partial charge in [-0.15, -0.1) is 0 Å². The van der Waals surface area contributed by atoms with Crippen LogP contribution in [0.15, 0.2) is 16.7 Å². The average molecular weight is 328 g/mol. The molecule has 0 spiro atoms. The van der Waals surface area contributed by atoms with E-state index in [4.69, 9.17) is 4.42 Å². The molecule has 6 nitrogen and oxygen atoms in total. The molecule has 1 fully saturated rings. The SMILES string of the molecule is Cc1occc1C(=O)N1CCC[C@H](CNS(=O)(=O)C(C)C)C1. The monoisotopic (exact) mass is 328 g/mol. The Morgan fingerprint density at radius 1 is 1.50 bits per heavy atom. The molecule has 1 N–H and O–H groups in total. The number of aryl methyl sites for hydroxylation is 1. The molecule has 1 atom stereocenters. The van der Waals surface area contributed by atoms with Gasteiger partial charge < -0.3 is 9.32 Å². The first-order valence-corrected chi connectivity index (χ1v) is 9.17. The number of hydrogen-bond donors (Lipinski definition) is 1. The van der Waals surface area contributed by atoms with E-state index in [1.165, 1.54) is 6.26 Å². The summed E-state index contributed by atoms with van der Waals surface area (Å²) in [5.74, 6) is 0.730. The number of carbonyl (C=O) groups excluding carboxylic acids is 1. The van der Waals surface area contributed by atoms with Crippen molar-refractivity contribution in [3.63, 3.8) is 0 Å². The number of nitrogens with one attached hydrogen (secondary N) is 1. The second-order valence-electron chi connectivity index (χ2n) is 6.09. The molecule has 1 aliphatic heterocycles. The Morgan fingerprint density at radius 3 is 2.82 bits per heavy atom. The van der Waals surface area contributed by atoms with Gasteiger partial charge in [-0.2, -0.15) is 0 Å². The van der Waals surface area contributed by atoms with Crippen LogP contribution in [0.2, 0.25) is 0 Å². The Balaban J connectivity index is 1.95. The van der Waals surface area contributed by atoms with Crippen molar-refractivity contribution in [3.05, 3.63) is 23.7 Å². The maximum Gasteiger partial charge on any atom is 0.257 e. The summed E-state index contributed by atoms with van der Waals surface area (Å²) in [5.41, 5.74) is 0.586. The van der Waals surface area contributed by atoms with Gasteiger partial charge in [-0.05, 0) is 45.6 Å². The lowest BCUT2D eigenvalue weighted by molar-refractivity contribution is 0.0674. The molecule has 1 aromatic rings. The third kappa shape index (κ3) is 3.89. The molecule has 0 radical (unpaired) electrons. The molecule has 0 saturated carbocycles. The fourth-order valence-corrected chi connectivity index (χ4v) is 3.40. The number of amides is 1. The molecule has 1 saturated heterocycles. The highest BCUT2D eigenvalue weighted by Crippen LogP contribution is 2.20. The number of furan rings is 1. The quantitative estimate of drug-likeness (QED) is 0.893. The van der Waals surface area contributed by atoms with Crippen molar-refractivity contribution in [2.24, 2.45) is 5.92 Å². The van der Waals surface area contributed by atoms with Crippen LogP contribution in [0.1, 0.15) is 42.8 Å². The second kappa shape index (κ2) is 6.83. The fourth-order valence-electron chi connectivity index (χ4n) is 2.59. The van der Waals surface area contributed by atoms with Crippen molar-refractivity contribution >= 4 is 15.9 Å². The highest BCUT2D eigenvalue weighted by atomic mass is 32.2. The minimum Gasteiger partial charge on any atom is -0.469 e. The van der Waals surface area contributed by atoms with E-state index in [0.717, 1.165) is 12.8 Å². The Bertz CT molecular complexity index is 621. The lowest BCUT2D eigenvalue weighted by Crippen LogP contribution is -2.44. The van der Waals surface area contributed by atoms with E-state index in [2.05, 4.69) is 4.72 Å². The fraction of sp³-hybridized carbons (Fsp3) is 0.667. The summed E-state index contributed by atoms with van der Waals surface area (Å²) in [7, 11) is -3.25. The zero-order chi connectivity index (χ0) is 16.3. The van der Waals surface area contributed by atoms with Crippen LogP contribution in [0, 0.1) is 12.8 Å². The zero-order valence-electron chi connectivity index (χ0n) is 13.3. The molecule has 1 aliphatic rings. The molecule has 7 heteroatoms. The molecular weight excluding hydrogens is 304 g/mol. The molecule has 2 heterocycles. The summed E-state index contributed by atoms with van der Waals surface area (Å²) in [6.07, 6.45) is 3.33. The minimum atomic E-state index is -3.25. The van der Waals surface area contributed by atoms with Gasteiger partial charge in [-0.3, -0.25) is 4.79 Å². The summed E-state index contributed by atoms with van der Waals surface area (Å²) in [6.45, 7) is 6.74. The second-order valence-corrected chi connectivity index (χ2v) is 8.41.